The van der Waals surface area contributed by atoms with Crippen LogP contribution in [0, 0.1) is 13.8 Å². The van der Waals surface area contributed by atoms with E-state index in [4.69, 9.17) is 10.5 Å². The summed E-state index contributed by atoms with van der Waals surface area (Å²) < 4.78 is 5.48. The van der Waals surface area contributed by atoms with E-state index in [0.717, 1.165) is 29.5 Å². The van der Waals surface area contributed by atoms with Crippen LogP contribution in [0.15, 0.2) is 24.3 Å². The second-order valence-corrected chi connectivity index (χ2v) is 8.87. The molecule has 31 heavy (non-hydrogen) atoms. The zero-order valence-corrected chi connectivity index (χ0v) is 20.5. The minimum atomic E-state index is -0.240. The fourth-order valence-electron chi connectivity index (χ4n) is 3.83. The van der Waals surface area contributed by atoms with Crippen LogP contribution < -0.4 is 5.73 Å². The summed E-state index contributed by atoms with van der Waals surface area (Å²) in [7, 11) is 0. The lowest BCUT2D eigenvalue weighted by atomic mass is 10.00. The first-order valence-electron chi connectivity index (χ1n) is 12.7. The van der Waals surface area contributed by atoms with Gasteiger partial charge in [0.2, 0.25) is 0 Å². The maximum atomic E-state index is 12.4. The van der Waals surface area contributed by atoms with Gasteiger partial charge in [0.15, 0.2) is 0 Å². The Kier molecular flexibility index (Phi) is 15.9. The second kappa shape index (κ2) is 18.0. The average Bonchev–Trinajstić information content (AvgIpc) is 2.77. The molecular weight excluding hydrogens is 382 g/mol. The molecule has 1 rings (SSSR count). The molecule has 0 spiro atoms. The van der Waals surface area contributed by atoms with Gasteiger partial charge in [-0.05, 0) is 68.7 Å². The quantitative estimate of drug-likeness (QED) is 0.146. The van der Waals surface area contributed by atoms with Crippen molar-refractivity contribution >= 4 is 5.97 Å². The Bertz CT molecular complexity index is 636. The first-order chi connectivity index (χ1) is 15.1. The smallest absolute Gasteiger partial charge is 0.338 e. The molecule has 3 heteroatoms. The Morgan fingerprint density at radius 3 is 1.90 bits per heavy atom. The van der Waals surface area contributed by atoms with Crippen LogP contribution >= 0.6 is 0 Å². The van der Waals surface area contributed by atoms with Crippen molar-refractivity contribution in [1.82, 2.24) is 0 Å². The number of ether oxygens (including phenoxy) is 1. The van der Waals surface area contributed by atoms with Crippen molar-refractivity contribution in [2.75, 3.05) is 6.61 Å². The van der Waals surface area contributed by atoms with E-state index in [1.165, 1.54) is 77.0 Å². The normalized spacial score (nSPS) is 11.4. The molecule has 3 nitrogen and oxygen atoms in total. The number of carbonyl (C=O) groups is 1. The lowest BCUT2D eigenvalue weighted by molar-refractivity contribution is 0.0496. The first-order valence-corrected chi connectivity index (χ1v) is 12.7. The van der Waals surface area contributed by atoms with Gasteiger partial charge in [0.1, 0.15) is 0 Å². The maximum Gasteiger partial charge on any atom is 0.338 e. The zero-order chi connectivity index (χ0) is 22.7. The number of benzene rings is 1. The summed E-state index contributed by atoms with van der Waals surface area (Å²) >= 11 is 0. The summed E-state index contributed by atoms with van der Waals surface area (Å²) in [6.07, 6.45) is 22.6. The van der Waals surface area contributed by atoms with Gasteiger partial charge in [0.05, 0.1) is 12.2 Å². The minimum absolute atomic E-state index is 0.240. The molecule has 0 amide bonds. The van der Waals surface area contributed by atoms with Crippen LogP contribution in [0.25, 0.3) is 0 Å². The number of nitrogens with two attached hydrogens (primary N) is 1. The average molecular weight is 430 g/mol. The monoisotopic (exact) mass is 429 g/mol. The van der Waals surface area contributed by atoms with Crippen LogP contribution in [-0.4, -0.2) is 12.6 Å². The highest BCUT2D eigenvalue weighted by molar-refractivity contribution is 5.91. The van der Waals surface area contributed by atoms with E-state index in [2.05, 4.69) is 19.1 Å². The molecular formula is C28H47NO2. The van der Waals surface area contributed by atoms with Crippen molar-refractivity contribution in [2.24, 2.45) is 5.73 Å². The number of allylic oxidation sites excluding steroid dienone is 2. The van der Waals surface area contributed by atoms with Crippen LogP contribution in [0.5, 0.6) is 0 Å². The van der Waals surface area contributed by atoms with Gasteiger partial charge < -0.3 is 10.5 Å². The van der Waals surface area contributed by atoms with E-state index in [1.54, 1.807) is 0 Å². The zero-order valence-electron chi connectivity index (χ0n) is 20.5. The van der Waals surface area contributed by atoms with Crippen LogP contribution in [0.4, 0.5) is 0 Å². The van der Waals surface area contributed by atoms with Gasteiger partial charge in [0, 0.05) is 6.54 Å². The lowest BCUT2D eigenvalue weighted by Gasteiger charge is -2.11. The predicted octanol–water partition coefficient (Wildman–Crippen LogP) is 7.96. The van der Waals surface area contributed by atoms with E-state index in [-0.39, 0.29) is 5.97 Å². The van der Waals surface area contributed by atoms with Crippen LogP contribution in [0.3, 0.4) is 0 Å². The number of hydrogen-bond donors (Lipinski definition) is 1. The summed E-state index contributed by atoms with van der Waals surface area (Å²) in [5.41, 5.74) is 9.54. The summed E-state index contributed by atoms with van der Waals surface area (Å²) in [4.78, 5) is 12.4. The molecule has 1 aromatic rings. The van der Waals surface area contributed by atoms with Crippen LogP contribution in [-0.2, 0) is 11.3 Å². The third-order valence-electron chi connectivity index (χ3n) is 6.05. The van der Waals surface area contributed by atoms with Gasteiger partial charge in [-0.25, -0.2) is 4.79 Å². The van der Waals surface area contributed by atoms with E-state index < -0.39 is 0 Å². The predicted molar refractivity (Wildman–Crippen MR) is 134 cm³/mol. The Morgan fingerprint density at radius 2 is 1.32 bits per heavy atom. The molecule has 0 saturated heterocycles. The summed E-state index contributed by atoms with van der Waals surface area (Å²) in [6.45, 7) is 7.18. The Morgan fingerprint density at radius 1 is 0.806 bits per heavy atom. The molecule has 0 aliphatic rings. The molecule has 1 aromatic carbocycles. The standard InChI is InChI=1S/C28H47NO2/c1-4-5-6-7-8-9-10-11-12-13-14-15-16-17-18-19-20-31-28(30)27-22-25(3)24(2)21-26(27)23-29/h11-12,21-22H,4-10,13-20,23,29H2,1-3H3. The fourth-order valence-corrected chi connectivity index (χ4v) is 3.83. The number of rotatable bonds is 18. The fraction of sp³-hybridized carbons (Fsp3) is 0.679. The van der Waals surface area contributed by atoms with Gasteiger partial charge in [-0.3, -0.25) is 0 Å². The molecule has 0 aliphatic heterocycles. The van der Waals surface area contributed by atoms with Gasteiger partial charge in [-0.15, -0.1) is 0 Å². The summed E-state index contributed by atoms with van der Waals surface area (Å²) in [6, 6.07) is 3.90. The first kappa shape index (κ1) is 27.4. The second-order valence-electron chi connectivity index (χ2n) is 8.87. The SMILES string of the molecule is CCCCCCCCC=CCCCCCCCCOC(=O)c1cc(C)c(C)cc1CN. The number of aryl methyl sites for hydroxylation is 2. The van der Waals surface area contributed by atoms with E-state index in [1.807, 2.05) is 26.0 Å². The van der Waals surface area contributed by atoms with Crippen molar-refractivity contribution in [3.8, 4) is 0 Å². The lowest BCUT2D eigenvalue weighted by Crippen LogP contribution is -2.12. The summed E-state index contributed by atoms with van der Waals surface area (Å²) in [5.74, 6) is -0.240. The molecule has 0 atom stereocenters. The van der Waals surface area contributed by atoms with Crippen LogP contribution in [0.1, 0.15) is 124 Å². The highest BCUT2D eigenvalue weighted by atomic mass is 16.5. The third-order valence-corrected chi connectivity index (χ3v) is 6.05. The largest absolute Gasteiger partial charge is 0.462 e. The molecule has 0 bridgehead atoms. The Hall–Kier alpha value is -1.61. The molecule has 0 heterocycles. The number of esters is 1. The molecule has 176 valence electrons. The van der Waals surface area contributed by atoms with Gasteiger partial charge >= 0.3 is 5.97 Å². The Labute approximate surface area is 191 Å². The van der Waals surface area contributed by atoms with Gasteiger partial charge in [-0.1, -0.05) is 82.9 Å². The van der Waals surface area contributed by atoms with Gasteiger partial charge in [-0.2, -0.15) is 0 Å². The number of unbranched alkanes of at least 4 members (excludes halogenated alkanes) is 12. The topological polar surface area (TPSA) is 52.3 Å². The third kappa shape index (κ3) is 12.7. The number of carbonyl (C=O) groups excluding carboxylic acids is 1. The summed E-state index contributed by atoms with van der Waals surface area (Å²) in [5, 5.41) is 0. The molecule has 0 radical (unpaired) electrons. The molecule has 0 aliphatic carbocycles. The van der Waals surface area contributed by atoms with Gasteiger partial charge in [0.25, 0.3) is 0 Å². The van der Waals surface area contributed by atoms with Crippen LogP contribution in [0.2, 0.25) is 0 Å². The van der Waals surface area contributed by atoms with Crippen molar-refractivity contribution < 1.29 is 9.53 Å². The number of hydrogen-bond acceptors (Lipinski definition) is 3. The highest BCUT2D eigenvalue weighted by Crippen LogP contribution is 2.17. The van der Waals surface area contributed by atoms with Crippen molar-refractivity contribution in [3.63, 3.8) is 0 Å². The Balaban J connectivity index is 1.99. The maximum absolute atomic E-state index is 12.4. The van der Waals surface area contributed by atoms with E-state index in [9.17, 15) is 4.79 Å². The molecule has 0 aromatic heterocycles. The van der Waals surface area contributed by atoms with E-state index >= 15 is 0 Å². The molecule has 0 saturated carbocycles. The van der Waals surface area contributed by atoms with Crippen molar-refractivity contribution in [1.29, 1.82) is 0 Å². The molecule has 0 unspecified atom stereocenters. The molecule has 0 fully saturated rings. The minimum Gasteiger partial charge on any atom is -0.462 e. The molecule has 2 N–H and O–H groups in total. The van der Waals surface area contributed by atoms with Crippen molar-refractivity contribution in [2.45, 2.75) is 117 Å². The van der Waals surface area contributed by atoms with E-state index in [0.29, 0.717) is 18.7 Å². The highest BCUT2D eigenvalue weighted by Gasteiger charge is 2.13. The van der Waals surface area contributed by atoms with Crippen molar-refractivity contribution in [3.05, 3.63) is 46.5 Å².